The Kier molecular flexibility index (Phi) is 4.66. The fourth-order valence-corrected chi connectivity index (χ4v) is 3.54. The Balaban J connectivity index is 1.76. The van der Waals surface area contributed by atoms with Crippen LogP contribution < -0.4 is 5.32 Å². The van der Waals surface area contributed by atoms with E-state index in [9.17, 15) is 0 Å². The molecule has 3 unspecified atom stereocenters. The van der Waals surface area contributed by atoms with Crippen LogP contribution in [0, 0.1) is 5.92 Å². The molecule has 1 saturated heterocycles. The number of hydrogen-bond donors (Lipinski definition) is 1. The Labute approximate surface area is 101 Å². The van der Waals surface area contributed by atoms with E-state index in [0.717, 1.165) is 12.0 Å². The summed E-state index contributed by atoms with van der Waals surface area (Å²) in [6.07, 6.45) is 8.62. The van der Waals surface area contributed by atoms with E-state index in [1.165, 1.54) is 58.2 Å². The van der Waals surface area contributed by atoms with Gasteiger partial charge in [-0.2, -0.15) is 0 Å². The van der Waals surface area contributed by atoms with E-state index in [0.29, 0.717) is 6.04 Å². The third-order valence-electron chi connectivity index (χ3n) is 4.38. The van der Waals surface area contributed by atoms with E-state index in [2.05, 4.69) is 24.1 Å². The average Bonchev–Trinajstić information content (AvgIpc) is 2.70. The highest BCUT2D eigenvalue weighted by molar-refractivity contribution is 4.90. The van der Waals surface area contributed by atoms with Crippen molar-refractivity contribution in [2.45, 2.75) is 64.5 Å². The fourth-order valence-electron chi connectivity index (χ4n) is 3.54. The average molecular weight is 224 g/mol. The molecule has 0 spiro atoms. The number of nitrogens with one attached hydrogen (secondary N) is 1. The van der Waals surface area contributed by atoms with Crippen LogP contribution >= 0.6 is 0 Å². The number of nitrogens with zero attached hydrogens (tertiary/aromatic N) is 1. The van der Waals surface area contributed by atoms with Crippen molar-refractivity contribution in [1.82, 2.24) is 10.2 Å². The van der Waals surface area contributed by atoms with Gasteiger partial charge in [0.1, 0.15) is 0 Å². The van der Waals surface area contributed by atoms with Crippen molar-refractivity contribution in [3.8, 4) is 0 Å². The zero-order valence-corrected chi connectivity index (χ0v) is 11.0. The quantitative estimate of drug-likeness (QED) is 0.772. The summed E-state index contributed by atoms with van der Waals surface area (Å²) in [6, 6.07) is 1.60. The third kappa shape index (κ3) is 2.98. The maximum Gasteiger partial charge on any atom is 0.0166 e. The Morgan fingerprint density at radius 3 is 2.88 bits per heavy atom. The van der Waals surface area contributed by atoms with Gasteiger partial charge in [-0.25, -0.2) is 0 Å². The largest absolute Gasteiger partial charge is 0.313 e. The van der Waals surface area contributed by atoms with E-state index in [1.807, 2.05) is 0 Å². The summed E-state index contributed by atoms with van der Waals surface area (Å²) in [5.74, 6) is 1.03. The Bertz CT molecular complexity index is 205. The summed E-state index contributed by atoms with van der Waals surface area (Å²) in [5, 5.41) is 3.61. The lowest BCUT2D eigenvalue weighted by Gasteiger charge is -2.33. The minimum absolute atomic E-state index is 0.667. The molecule has 1 heterocycles. The Hall–Kier alpha value is -0.0800. The molecule has 0 radical (unpaired) electrons. The van der Waals surface area contributed by atoms with Gasteiger partial charge in [-0.05, 0) is 51.6 Å². The van der Waals surface area contributed by atoms with Crippen molar-refractivity contribution in [1.29, 1.82) is 0 Å². The second kappa shape index (κ2) is 6.02. The maximum atomic E-state index is 3.61. The number of fused-ring (bicyclic) bond motifs is 1. The van der Waals surface area contributed by atoms with Gasteiger partial charge in [0.25, 0.3) is 0 Å². The van der Waals surface area contributed by atoms with Gasteiger partial charge in [-0.15, -0.1) is 0 Å². The minimum atomic E-state index is 0.667. The lowest BCUT2D eigenvalue weighted by atomic mass is 9.85. The van der Waals surface area contributed by atoms with Gasteiger partial charge in [-0.3, -0.25) is 4.90 Å². The highest BCUT2D eigenvalue weighted by atomic mass is 15.2. The first kappa shape index (κ1) is 12.4. The number of hydrogen-bond acceptors (Lipinski definition) is 2. The molecule has 94 valence electrons. The van der Waals surface area contributed by atoms with Crippen LogP contribution in [-0.4, -0.2) is 36.6 Å². The number of likely N-dealkylation sites (tertiary alicyclic amines) is 1. The molecular formula is C14H28N2. The van der Waals surface area contributed by atoms with Gasteiger partial charge in [0, 0.05) is 18.6 Å². The van der Waals surface area contributed by atoms with Crippen LogP contribution in [0.15, 0.2) is 0 Å². The normalized spacial score (nSPS) is 32.6. The lowest BCUT2D eigenvalue weighted by Crippen LogP contribution is -2.43. The minimum Gasteiger partial charge on any atom is -0.313 e. The van der Waals surface area contributed by atoms with Crippen molar-refractivity contribution < 1.29 is 0 Å². The van der Waals surface area contributed by atoms with Gasteiger partial charge in [0.15, 0.2) is 0 Å². The second-order valence-electron chi connectivity index (χ2n) is 5.75. The van der Waals surface area contributed by atoms with E-state index >= 15 is 0 Å². The van der Waals surface area contributed by atoms with Crippen LogP contribution in [0.5, 0.6) is 0 Å². The molecule has 0 aromatic carbocycles. The fraction of sp³-hybridized carbons (Fsp3) is 1.00. The first-order chi connectivity index (χ1) is 7.81. The summed E-state index contributed by atoms with van der Waals surface area (Å²) >= 11 is 0. The van der Waals surface area contributed by atoms with Gasteiger partial charge < -0.3 is 5.32 Å². The molecule has 1 saturated carbocycles. The zero-order valence-electron chi connectivity index (χ0n) is 11.0. The summed E-state index contributed by atoms with van der Waals surface area (Å²) in [5.41, 5.74) is 0. The van der Waals surface area contributed by atoms with Crippen LogP contribution in [0.2, 0.25) is 0 Å². The Morgan fingerprint density at radius 1 is 1.25 bits per heavy atom. The molecule has 2 aliphatic rings. The van der Waals surface area contributed by atoms with E-state index in [1.54, 1.807) is 0 Å². The van der Waals surface area contributed by atoms with Gasteiger partial charge in [-0.1, -0.05) is 19.8 Å². The smallest absolute Gasteiger partial charge is 0.0166 e. The van der Waals surface area contributed by atoms with Crippen molar-refractivity contribution >= 4 is 0 Å². The molecule has 1 aliphatic heterocycles. The maximum absolute atomic E-state index is 3.61. The molecule has 1 aliphatic carbocycles. The van der Waals surface area contributed by atoms with Gasteiger partial charge in [0.2, 0.25) is 0 Å². The standard InChI is InChI=1S/C14H28N2/c1-3-9-15-12(2)11-16-10-8-13-6-4-5-7-14(13)16/h12-15H,3-11H2,1-2H3. The molecule has 16 heavy (non-hydrogen) atoms. The molecule has 2 nitrogen and oxygen atoms in total. The van der Waals surface area contributed by atoms with Crippen molar-refractivity contribution in [2.24, 2.45) is 5.92 Å². The van der Waals surface area contributed by atoms with Gasteiger partial charge in [0.05, 0.1) is 0 Å². The Morgan fingerprint density at radius 2 is 2.06 bits per heavy atom. The first-order valence-corrected chi connectivity index (χ1v) is 7.28. The molecule has 0 aromatic rings. The molecule has 1 N–H and O–H groups in total. The summed E-state index contributed by atoms with van der Waals surface area (Å²) < 4.78 is 0. The van der Waals surface area contributed by atoms with Crippen molar-refractivity contribution in [3.63, 3.8) is 0 Å². The molecule has 2 fully saturated rings. The summed E-state index contributed by atoms with van der Waals surface area (Å²) in [4.78, 5) is 2.76. The number of rotatable bonds is 5. The van der Waals surface area contributed by atoms with Crippen LogP contribution in [0.1, 0.15) is 52.4 Å². The summed E-state index contributed by atoms with van der Waals surface area (Å²) in [6.45, 7) is 8.37. The predicted octanol–water partition coefficient (Wildman–Crippen LogP) is 2.64. The third-order valence-corrected chi connectivity index (χ3v) is 4.38. The van der Waals surface area contributed by atoms with Crippen molar-refractivity contribution in [2.75, 3.05) is 19.6 Å². The molecule has 0 bridgehead atoms. The monoisotopic (exact) mass is 224 g/mol. The zero-order chi connectivity index (χ0) is 11.4. The van der Waals surface area contributed by atoms with Crippen molar-refractivity contribution in [3.05, 3.63) is 0 Å². The first-order valence-electron chi connectivity index (χ1n) is 7.28. The topological polar surface area (TPSA) is 15.3 Å². The highest BCUT2D eigenvalue weighted by Crippen LogP contribution is 2.35. The van der Waals surface area contributed by atoms with E-state index < -0.39 is 0 Å². The SMILES string of the molecule is CCCNC(C)CN1CCC2CCCCC21. The second-order valence-corrected chi connectivity index (χ2v) is 5.75. The summed E-state index contributed by atoms with van der Waals surface area (Å²) in [7, 11) is 0. The van der Waals surface area contributed by atoms with Crippen LogP contribution in [0.3, 0.4) is 0 Å². The predicted molar refractivity (Wildman–Crippen MR) is 69.7 cm³/mol. The molecule has 2 rings (SSSR count). The molecule has 2 heteroatoms. The van der Waals surface area contributed by atoms with Crippen LogP contribution in [0.4, 0.5) is 0 Å². The van der Waals surface area contributed by atoms with Crippen LogP contribution in [-0.2, 0) is 0 Å². The molecule has 0 amide bonds. The highest BCUT2D eigenvalue weighted by Gasteiger charge is 2.35. The lowest BCUT2D eigenvalue weighted by molar-refractivity contribution is 0.170. The molecular weight excluding hydrogens is 196 g/mol. The van der Waals surface area contributed by atoms with Gasteiger partial charge >= 0.3 is 0 Å². The van der Waals surface area contributed by atoms with E-state index in [-0.39, 0.29) is 0 Å². The molecule has 0 aromatic heterocycles. The molecule has 3 atom stereocenters. The van der Waals surface area contributed by atoms with E-state index in [4.69, 9.17) is 0 Å². The van der Waals surface area contributed by atoms with Crippen LogP contribution in [0.25, 0.3) is 0 Å².